The Hall–Kier alpha value is -3.16. The van der Waals surface area contributed by atoms with Crippen molar-refractivity contribution in [3.8, 4) is 0 Å². The van der Waals surface area contributed by atoms with E-state index in [1.54, 1.807) is 31.2 Å². The van der Waals surface area contributed by atoms with Crippen molar-refractivity contribution in [2.75, 3.05) is 24.6 Å². The van der Waals surface area contributed by atoms with Crippen LogP contribution in [0.15, 0.2) is 54.1 Å². The highest BCUT2D eigenvalue weighted by atomic mass is 35.5. The predicted molar refractivity (Wildman–Crippen MR) is 111 cm³/mol. The van der Waals surface area contributed by atoms with E-state index >= 15 is 0 Å². The third-order valence-electron chi connectivity index (χ3n) is 5.57. The van der Waals surface area contributed by atoms with E-state index in [1.807, 2.05) is 0 Å². The number of likely N-dealkylation sites (tertiary alicyclic amines) is 1. The van der Waals surface area contributed by atoms with Crippen LogP contribution in [0.3, 0.4) is 0 Å². The van der Waals surface area contributed by atoms with Crippen molar-refractivity contribution in [1.82, 2.24) is 4.90 Å². The number of halogens is 1. The molecule has 4 rings (SSSR count). The van der Waals surface area contributed by atoms with Crippen LogP contribution in [-0.2, 0) is 19.9 Å². The number of anilines is 1. The Kier molecular flexibility index (Phi) is 4.88. The molecule has 2 aliphatic heterocycles. The second-order valence-electron chi connectivity index (χ2n) is 7.02. The first-order valence-corrected chi connectivity index (χ1v) is 9.85. The molecule has 2 aliphatic rings. The molecule has 2 N–H and O–H groups in total. The Balaban J connectivity index is 2.09. The summed E-state index contributed by atoms with van der Waals surface area (Å²) in [5.74, 6) is -2.90. The Morgan fingerprint density at radius 3 is 2.37 bits per heavy atom. The molecule has 0 radical (unpaired) electrons. The van der Waals surface area contributed by atoms with E-state index in [4.69, 9.17) is 11.6 Å². The van der Waals surface area contributed by atoms with Crippen LogP contribution in [0.2, 0.25) is 5.02 Å². The van der Waals surface area contributed by atoms with Gasteiger partial charge in [0.05, 0.1) is 17.9 Å². The zero-order chi connectivity index (χ0) is 21.6. The number of benzene rings is 2. The number of hydrogen-bond donors (Lipinski definition) is 2. The summed E-state index contributed by atoms with van der Waals surface area (Å²) in [6, 6.07) is 12.9. The number of carbonyl (C=O) groups excluding carboxylic acids is 3. The Morgan fingerprint density at radius 1 is 1.07 bits per heavy atom. The first kappa shape index (κ1) is 20.1. The molecule has 8 heteroatoms. The van der Waals surface area contributed by atoms with Crippen molar-refractivity contribution in [2.45, 2.75) is 12.5 Å². The van der Waals surface area contributed by atoms with Crippen molar-refractivity contribution in [2.24, 2.45) is 0 Å². The van der Waals surface area contributed by atoms with Gasteiger partial charge in [-0.05, 0) is 37.3 Å². The van der Waals surface area contributed by atoms with Crippen molar-refractivity contribution in [1.29, 1.82) is 0 Å². The molecule has 154 valence electrons. The molecule has 1 spiro atoms. The van der Waals surface area contributed by atoms with E-state index in [1.165, 1.54) is 29.2 Å². The number of aliphatic hydroxyl groups excluding tert-OH is 2. The fourth-order valence-electron chi connectivity index (χ4n) is 4.33. The number of amides is 2. The zero-order valence-electron chi connectivity index (χ0n) is 16.1. The third-order valence-corrected chi connectivity index (χ3v) is 5.82. The van der Waals surface area contributed by atoms with Gasteiger partial charge in [0, 0.05) is 29.2 Å². The van der Waals surface area contributed by atoms with Crippen LogP contribution in [-0.4, -0.2) is 52.4 Å². The van der Waals surface area contributed by atoms with Crippen LogP contribution >= 0.6 is 11.6 Å². The fraction of sp³-hybridized carbons (Fsp3) is 0.227. The lowest BCUT2D eigenvalue weighted by Gasteiger charge is -2.34. The van der Waals surface area contributed by atoms with E-state index in [2.05, 4.69) is 0 Å². The summed E-state index contributed by atoms with van der Waals surface area (Å²) >= 11 is 5.93. The van der Waals surface area contributed by atoms with Crippen LogP contribution in [0, 0.1) is 0 Å². The van der Waals surface area contributed by atoms with E-state index < -0.39 is 35.5 Å². The van der Waals surface area contributed by atoms with Gasteiger partial charge < -0.3 is 20.0 Å². The largest absolute Gasteiger partial charge is 0.507 e. The van der Waals surface area contributed by atoms with Gasteiger partial charge in [-0.25, -0.2) is 0 Å². The molecule has 2 aromatic carbocycles. The maximum Gasteiger partial charge on any atom is 0.296 e. The molecule has 0 saturated carbocycles. The van der Waals surface area contributed by atoms with Gasteiger partial charge in [0.15, 0.2) is 5.54 Å². The highest BCUT2D eigenvalue weighted by Crippen LogP contribution is 2.53. The number of carbonyl (C=O) groups is 3. The van der Waals surface area contributed by atoms with Crippen molar-refractivity contribution in [3.63, 3.8) is 0 Å². The molecule has 2 aromatic rings. The highest BCUT2D eigenvalue weighted by molar-refractivity contribution is 6.50. The molecule has 30 heavy (non-hydrogen) atoms. The van der Waals surface area contributed by atoms with Crippen LogP contribution in [0.4, 0.5) is 5.69 Å². The van der Waals surface area contributed by atoms with Gasteiger partial charge in [-0.1, -0.05) is 29.8 Å². The van der Waals surface area contributed by atoms with Crippen molar-refractivity contribution >= 4 is 40.6 Å². The number of hydrogen-bond acceptors (Lipinski definition) is 5. The van der Waals surface area contributed by atoms with Gasteiger partial charge in [0.2, 0.25) is 0 Å². The van der Waals surface area contributed by atoms with Crippen molar-refractivity contribution < 1.29 is 24.6 Å². The number of fused-ring (bicyclic) bond motifs is 2. The molecule has 1 unspecified atom stereocenters. The first-order chi connectivity index (χ1) is 14.4. The van der Waals surface area contributed by atoms with Crippen LogP contribution in [0.25, 0.3) is 5.76 Å². The van der Waals surface area contributed by atoms with Crippen LogP contribution in [0.5, 0.6) is 0 Å². The van der Waals surface area contributed by atoms with Gasteiger partial charge in [0.25, 0.3) is 17.6 Å². The summed E-state index contributed by atoms with van der Waals surface area (Å²) in [5, 5.41) is 21.1. The van der Waals surface area contributed by atoms with Gasteiger partial charge >= 0.3 is 0 Å². The van der Waals surface area contributed by atoms with Gasteiger partial charge in [-0.15, -0.1) is 0 Å². The van der Waals surface area contributed by atoms with E-state index in [0.717, 1.165) is 4.90 Å². The van der Waals surface area contributed by atoms with E-state index in [-0.39, 0.29) is 17.7 Å². The molecule has 1 fully saturated rings. The number of likely N-dealkylation sites (N-methyl/N-ethyl adjacent to an activating group) is 1. The average molecular weight is 427 g/mol. The number of Topliss-reactive ketones (excluding diaryl/α,β-unsaturated/α-hetero) is 1. The molecule has 0 bridgehead atoms. The first-order valence-electron chi connectivity index (χ1n) is 9.47. The summed E-state index contributed by atoms with van der Waals surface area (Å²) in [5.41, 5.74) is -0.928. The highest BCUT2D eigenvalue weighted by Gasteiger charge is 2.66. The minimum absolute atomic E-state index is 0.237. The van der Waals surface area contributed by atoms with E-state index in [0.29, 0.717) is 22.8 Å². The third kappa shape index (κ3) is 2.52. The molecule has 2 heterocycles. The molecule has 0 aromatic heterocycles. The van der Waals surface area contributed by atoms with Gasteiger partial charge in [0.1, 0.15) is 5.76 Å². The predicted octanol–water partition coefficient (Wildman–Crippen LogP) is 2.27. The second kappa shape index (κ2) is 7.27. The maximum atomic E-state index is 13.7. The number of aliphatic hydroxyl groups is 2. The van der Waals surface area contributed by atoms with Crippen LogP contribution < -0.4 is 4.90 Å². The average Bonchev–Trinajstić information content (AvgIpc) is 3.12. The Morgan fingerprint density at radius 2 is 1.73 bits per heavy atom. The van der Waals surface area contributed by atoms with Crippen LogP contribution in [0.1, 0.15) is 18.1 Å². The summed E-state index contributed by atoms with van der Waals surface area (Å²) in [6.45, 7) is 1.41. The minimum Gasteiger partial charge on any atom is -0.507 e. The second-order valence-corrected chi connectivity index (χ2v) is 7.45. The Bertz CT molecular complexity index is 1090. The molecular weight excluding hydrogens is 408 g/mol. The number of ketones is 1. The van der Waals surface area contributed by atoms with Gasteiger partial charge in [-0.2, -0.15) is 0 Å². The SMILES string of the molecule is CCN1C(=O)C2(/C(=C(\O)c3ccc(Cl)cc3)C(=O)C(=O)N2CCO)c2ccccc21. The molecular formula is C22H19ClN2O5. The number of rotatable bonds is 4. The lowest BCUT2D eigenvalue weighted by molar-refractivity contribution is -0.144. The lowest BCUT2D eigenvalue weighted by atomic mass is 9.82. The van der Waals surface area contributed by atoms with Gasteiger partial charge in [-0.3, -0.25) is 14.4 Å². The maximum absolute atomic E-state index is 13.7. The summed E-state index contributed by atoms with van der Waals surface area (Å²) in [6.07, 6.45) is 0. The number of nitrogens with zero attached hydrogens (tertiary/aromatic N) is 2. The Labute approximate surface area is 177 Å². The normalized spacial score (nSPS) is 22.3. The van der Waals surface area contributed by atoms with Crippen molar-refractivity contribution in [3.05, 3.63) is 70.3 Å². The molecule has 2 amide bonds. The smallest absolute Gasteiger partial charge is 0.296 e. The lowest BCUT2D eigenvalue weighted by Crippen LogP contribution is -2.52. The summed E-state index contributed by atoms with van der Waals surface area (Å²) in [4.78, 5) is 42.3. The number of para-hydroxylation sites is 1. The molecule has 1 atom stereocenters. The standard InChI is InChI=1S/C22H19ClN2O5/c1-2-24-16-6-4-3-5-15(16)22(21(24)30)17(19(28)20(29)25(22)11-12-26)18(27)13-7-9-14(23)10-8-13/h3-10,26-27H,2,11-12H2,1H3/b18-17-. The summed E-state index contributed by atoms with van der Waals surface area (Å²) < 4.78 is 0. The molecule has 7 nitrogen and oxygen atoms in total. The topological polar surface area (TPSA) is 98.2 Å². The fourth-order valence-corrected chi connectivity index (χ4v) is 4.46. The van der Waals surface area contributed by atoms with E-state index in [9.17, 15) is 24.6 Å². The molecule has 0 aliphatic carbocycles. The zero-order valence-corrected chi connectivity index (χ0v) is 16.9. The quantitative estimate of drug-likeness (QED) is 0.444. The monoisotopic (exact) mass is 426 g/mol. The molecule has 1 saturated heterocycles. The minimum atomic E-state index is -1.84. The number of β-amino-alcohol motifs (C(OH)–C–C–N with tert-alkyl or cyclic N) is 1. The summed E-state index contributed by atoms with van der Waals surface area (Å²) in [7, 11) is 0.